The van der Waals surface area contributed by atoms with E-state index in [4.69, 9.17) is 5.84 Å². The van der Waals surface area contributed by atoms with Crippen LogP contribution in [0.4, 0.5) is 5.69 Å². The molecule has 5 nitrogen and oxygen atoms in total. The Balaban J connectivity index is 2.14. The van der Waals surface area contributed by atoms with Crippen LogP contribution in [0.2, 0.25) is 0 Å². The average molecular weight is 270 g/mol. The lowest BCUT2D eigenvalue weighted by atomic mass is 10.1. The van der Waals surface area contributed by atoms with Gasteiger partial charge in [0.2, 0.25) is 0 Å². The van der Waals surface area contributed by atoms with Crippen molar-refractivity contribution in [3.63, 3.8) is 0 Å². The second-order valence-corrected chi connectivity index (χ2v) is 4.71. The van der Waals surface area contributed by atoms with Gasteiger partial charge in [-0.15, -0.1) is 0 Å². The summed E-state index contributed by atoms with van der Waals surface area (Å²) in [4.78, 5) is 18.0. The van der Waals surface area contributed by atoms with Gasteiger partial charge in [0.1, 0.15) is 0 Å². The lowest BCUT2D eigenvalue weighted by Crippen LogP contribution is -2.27. The molecule has 1 heterocycles. The van der Waals surface area contributed by atoms with Gasteiger partial charge in [0, 0.05) is 19.8 Å². The maximum atomic E-state index is 12.4. The van der Waals surface area contributed by atoms with E-state index < -0.39 is 0 Å². The summed E-state index contributed by atoms with van der Waals surface area (Å²) >= 11 is 0. The number of aryl methyl sites for hydroxylation is 1. The molecule has 0 aliphatic heterocycles. The van der Waals surface area contributed by atoms with Gasteiger partial charge in [-0.3, -0.25) is 15.6 Å². The minimum absolute atomic E-state index is 0.0964. The van der Waals surface area contributed by atoms with E-state index in [-0.39, 0.29) is 5.91 Å². The summed E-state index contributed by atoms with van der Waals surface area (Å²) in [6, 6.07) is 9.77. The second-order valence-electron chi connectivity index (χ2n) is 4.71. The Labute approximate surface area is 118 Å². The first kappa shape index (κ1) is 14.0. The number of pyridine rings is 1. The number of aromatic nitrogens is 1. The van der Waals surface area contributed by atoms with Gasteiger partial charge >= 0.3 is 0 Å². The van der Waals surface area contributed by atoms with Gasteiger partial charge in [0.25, 0.3) is 5.91 Å². The van der Waals surface area contributed by atoms with Crippen molar-refractivity contribution in [2.45, 2.75) is 13.5 Å². The maximum absolute atomic E-state index is 12.4. The molecule has 0 atom stereocenters. The largest absolute Gasteiger partial charge is 0.337 e. The Morgan fingerprint density at radius 2 is 2.00 bits per heavy atom. The Hall–Kier alpha value is -2.40. The van der Waals surface area contributed by atoms with E-state index in [2.05, 4.69) is 10.4 Å². The number of rotatable bonds is 4. The highest BCUT2D eigenvalue weighted by molar-refractivity contribution is 5.99. The van der Waals surface area contributed by atoms with Gasteiger partial charge in [-0.2, -0.15) is 0 Å². The molecule has 2 rings (SSSR count). The number of hydrazine groups is 1. The Kier molecular flexibility index (Phi) is 4.32. The fraction of sp³-hybridized carbons (Fsp3) is 0.200. The number of anilines is 1. The maximum Gasteiger partial charge on any atom is 0.256 e. The molecule has 0 radical (unpaired) electrons. The molecular formula is C15H18N4O. The number of nitrogens with zero attached hydrogens (tertiary/aromatic N) is 2. The Bertz CT molecular complexity index is 595. The summed E-state index contributed by atoms with van der Waals surface area (Å²) in [7, 11) is 1.77. The van der Waals surface area contributed by atoms with Crippen LogP contribution in [-0.2, 0) is 6.54 Å². The number of hydrogen-bond acceptors (Lipinski definition) is 4. The van der Waals surface area contributed by atoms with E-state index >= 15 is 0 Å². The molecule has 0 aliphatic carbocycles. The normalized spacial score (nSPS) is 10.2. The van der Waals surface area contributed by atoms with E-state index in [1.54, 1.807) is 24.2 Å². The highest BCUT2D eigenvalue weighted by Gasteiger charge is 2.15. The van der Waals surface area contributed by atoms with E-state index in [1.807, 2.05) is 31.2 Å². The number of carbonyl (C=O) groups excluding carboxylic acids is 1. The minimum Gasteiger partial charge on any atom is -0.337 e. The summed E-state index contributed by atoms with van der Waals surface area (Å²) in [5, 5.41) is 0. The molecule has 1 amide bonds. The molecule has 0 fully saturated rings. The van der Waals surface area contributed by atoms with Crippen molar-refractivity contribution >= 4 is 11.6 Å². The van der Waals surface area contributed by atoms with Crippen LogP contribution in [0.1, 0.15) is 21.5 Å². The zero-order valence-electron chi connectivity index (χ0n) is 11.6. The van der Waals surface area contributed by atoms with Gasteiger partial charge < -0.3 is 10.3 Å². The second kappa shape index (κ2) is 6.16. The monoisotopic (exact) mass is 270 g/mol. The lowest BCUT2D eigenvalue weighted by molar-refractivity contribution is 0.0786. The number of hydrogen-bond donors (Lipinski definition) is 2. The number of nitrogen functional groups attached to an aromatic ring is 1. The first-order valence-electron chi connectivity index (χ1n) is 6.33. The molecule has 2 aromatic rings. The molecular weight excluding hydrogens is 252 g/mol. The van der Waals surface area contributed by atoms with Gasteiger partial charge in [0.05, 0.1) is 17.4 Å². The van der Waals surface area contributed by atoms with E-state index in [0.717, 1.165) is 5.56 Å². The standard InChI is InChI=1S/C15H18N4O/c1-11-3-5-12(6-4-11)10-19(2)15(20)13-7-8-17-9-14(13)18-16/h3-9,18H,10,16H2,1-2H3. The third kappa shape index (κ3) is 3.13. The summed E-state index contributed by atoms with van der Waals surface area (Å²) in [6.07, 6.45) is 3.11. The average Bonchev–Trinajstić information content (AvgIpc) is 2.48. The number of nitrogens with two attached hydrogens (primary N) is 1. The first-order valence-corrected chi connectivity index (χ1v) is 6.33. The molecule has 20 heavy (non-hydrogen) atoms. The summed E-state index contributed by atoms with van der Waals surface area (Å²) in [5.41, 5.74) is 5.81. The molecule has 5 heteroatoms. The van der Waals surface area contributed by atoms with Crippen LogP contribution in [0.15, 0.2) is 42.7 Å². The van der Waals surface area contributed by atoms with Crippen LogP contribution >= 0.6 is 0 Å². The number of carbonyl (C=O) groups is 1. The number of nitrogens with one attached hydrogen (secondary N) is 1. The first-order chi connectivity index (χ1) is 9.61. The fourth-order valence-corrected chi connectivity index (χ4v) is 1.94. The van der Waals surface area contributed by atoms with Gasteiger partial charge in [-0.05, 0) is 18.6 Å². The molecule has 0 saturated carbocycles. The molecule has 3 N–H and O–H groups in total. The van der Waals surface area contributed by atoms with Crippen LogP contribution in [0.5, 0.6) is 0 Å². The van der Waals surface area contributed by atoms with E-state index in [0.29, 0.717) is 17.8 Å². The molecule has 104 valence electrons. The van der Waals surface area contributed by atoms with Crippen LogP contribution < -0.4 is 11.3 Å². The summed E-state index contributed by atoms with van der Waals surface area (Å²) < 4.78 is 0. The smallest absolute Gasteiger partial charge is 0.256 e. The SMILES string of the molecule is Cc1ccc(CN(C)C(=O)c2ccncc2NN)cc1. The van der Waals surface area contributed by atoms with Crippen LogP contribution in [0.25, 0.3) is 0 Å². The molecule has 1 aromatic carbocycles. The highest BCUT2D eigenvalue weighted by Crippen LogP contribution is 2.15. The Morgan fingerprint density at radius 1 is 1.30 bits per heavy atom. The van der Waals surface area contributed by atoms with Crippen LogP contribution in [0.3, 0.4) is 0 Å². The molecule has 1 aromatic heterocycles. The predicted octanol–water partition coefficient (Wildman–Crippen LogP) is 1.95. The quantitative estimate of drug-likeness (QED) is 0.658. The summed E-state index contributed by atoms with van der Waals surface area (Å²) in [6.45, 7) is 2.58. The van der Waals surface area contributed by atoms with Gasteiger partial charge in [-0.1, -0.05) is 29.8 Å². The molecule has 0 unspecified atom stereocenters. The predicted molar refractivity (Wildman–Crippen MR) is 79.0 cm³/mol. The lowest BCUT2D eigenvalue weighted by Gasteiger charge is -2.19. The Morgan fingerprint density at radius 3 is 2.65 bits per heavy atom. The van der Waals surface area contributed by atoms with Gasteiger partial charge in [-0.25, -0.2) is 0 Å². The zero-order valence-corrected chi connectivity index (χ0v) is 11.6. The molecule has 0 spiro atoms. The molecule has 0 bridgehead atoms. The van der Waals surface area contributed by atoms with Crippen molar-refractivity contribution in [2.75, 3.05) is 12.5 Å². The van der Waals surface area contributed by atoms with Crippen LogP contribution in [0, 0.1) is 6.92 Å². The van der Waals surface area contributed by atoms with Crippen molar-refractivity contribution in [2.24, 2.45) is 5.84 Å². The van der Waals surface area contributed by atoms with Crippen molar-refractivity contribution < 1.29 is 4.79 Å². The van der Waals surface area contributed by atoms with E-state index in [1.165, 1.54) is 11.8 Å². The van der Waals surface area contributed by atoms with Crippen molar-refractivity contribution in [1.29, 1.82) is 0 Å². The van der Waals surface area contributed by atoms with Crippen molar-refractivity contribution in [3.8, 4) is 0 Å². The van der Waals surface area contributed by atoms with Crippen LogP contribution in [-0.4, -0.2) is 22.8 Å². The fourth-order valence-electron chi connectivity index (χ4n) is 1.94. The molecule has 0 aliphatic rings. The third-order valence-corrected chi connectivity index (χ3v) is 3.09. The topological polar surface area (TPSA) is 71.2 Å². The summed E-state index contributed by atoms with van der Waals surface area (Å²) in [5.74, 6) is 5.30. The highest BCUT2D eigenvalue weighted by atomic mass is 16.2. The minimum atomic E-state index is -0.0964. The van der Waals surface area contributed by atoms with Crippen molar-refractivity contribution in [1.82, 2.24) is 9.88 Å². The number of amides is 1. The third-order valence-electron chi connectivity index (χ3n) is 3.09. The number of benzene rings is 1. The van der Waals surface area contributed by atoms with Crippen molar-refractivity contribution in [3.05, 3.63) is 59.4 Å². The van der Waals surface area contributed by atoms with E-state index in [9.17, 15) is 4.79 Å². The zero-order chi connectivity index (χ0) is 14.5. The molecule has 0 saturated heterocycles. The van der Waals surface area contributed by atoms with Gasteiger partial charge in [0.15, 0.2) is 0 Å².